The molecule has 0 saturated carbocycles. The first-order chi connectivity index (χ1) is 10.7. The molecular weight excluding hydrogens is 590 g/mol. The van der Waals surface area contributed by atoms with E-state index >= 15 is 0 Å². The second-order valence-electron chi connectivity index (χ2n) is 4.35. The van der Waals surface area contributed by atoms with Gasteiger partial charge in [0.25, 0.3) is 0 Å². The van der Waals surface area contributed by atoms with Gasteiger partial charge in [-0.3, -0.25) is 0 Å². The number of alkyl halides is 4. The number of aromatic hydroxyl groups is 1. The minimum absolute atomic E-state index is 0.265. The van der Waals surface area contributed by atoms with Crippen molar-refractivity contribution in [2.75, 3.05) is 6.61 Å². The van der Waals surface area contributed by atoms with E-state index in [4.69, 9.17) is 0 Å². The lowest BCUT2D eigenvalue weighted by atomic mass is 10.2. The van der Waals surface area contributed by atoms with Gasteiger partial charge >= 0.3 is 17.1 Å². The Labute approximate surface area is 160 Å². The van der Waals surface area contributed by atoms with Gasteiger partial charge in [0.05, 0.1) is 16.6 Å². The Morgan fingerprint density at radius 2 is 1.79 bits per heavy atom. The first kappa shape index (κ1) is 21.6. The Kier molecular flexibility index (Phi) is 6.71. The van der Waals surface area contributed by atoms with Crippen LogP contribution in [0.15, 0.2) is 12.1 Å². The van der Waals surface area contributed by atoms with Crippen LogP contribution in [0.2, 0.25) is 0 Å². The van der Waals surface area contributed by atoms with E-state index in [-0.39, 0.29) is 9.13 Å². The molecule has 0 aliphatic carbocycles. The summed E-state index contributed by atoms with van der Waals surface area (Å²) in [5.74, 6) is -6.98. The Hall–Kier alpha value is -0.420. The average Bonchev–Trinajstić information content (AvgIpc) is 2.40. The predicted molar refractivity (Wildman–Crippen MR) is 88.0 cm³/mol. The fraction of sp³-hybridized carbons (Fsp3) is 0.364. The third kappa shape index (κ3) is 4.60. The average molecular weight is 597 g/mol. The molecule has 0 radical (unpaired) electrons. The van der Waals surface area contributed by atoms with Gasteiger partial charge in [-0.25, -0.2) is 13.2 Å². The smallest absolute Gasteiger partial charge is 0.396 e. The summed E-state index contributed by atoms with van der Waals surface area (Å²) in [5, 5.41) is 3.85. The number of carbonyl (C=O) groups excluding carboxylic acids is 1. The second-order valence-corrected chi connectivity index (χ2v) is 8.17. The number of phenolic OH excluding ortho intramolecular Hbond substituents is 1. The number of carbonyl (C=O) groups is 1. The normalized spacial score (nSPS) is 13.0. The lowest BCUT2D eigenvalue weighted by Crippen LogP contribution is -2.47. The topological polar surface area (TPSA) is 104 Å². The summed E-state index contributed by atoms with van der Waals surface area (Å²) in [7, 11) is -6.60. The van der Waals surface area contributed by atoms with Crippen molar-refractivity contribution in [2.24, 2.45) is 0 Å². The molecule has 0 aliphatic rings. The van der Waals surface area contributed by atoms with Crippen LogP contribution in [-0.2, 0) is 14.9 Å². The summed E-state index contributed by atoms with van der Waals surface area (Å²) in [4.78, 5) is 11.7. The highest BCUT2D eigenvalue weighted by Gasteiger charge is 2.61. The lowest BCUT2D eigenvalue weighted by molar-refractivity contribution is -0.168. The van der Waals surface area contributed by atoms with Crippen molar-refractivity contribution in [3.8, 4) is 5.75 Å². The molecular formula is C11H7F4I2O6S-. The highest BCUT2D eigenvalue weighted by atomic mass is 127. The van der Waals surface area contributed by atoms with Gasteiger partial charge in [-0.05, 0) is 57.3 Å². The van der Waals surface area contributed by atoms with E-state index in [0.717, 1.165) is 0 Å². The molecule has 0 aliphatic heterocycles. The van der Waals surface area contributed by atoms with Gasteiger partial charge in [-0.2, -0.15) is 17.6 Å². The molecule has 1 aromatic carbocycles. The molecule has 0 heterocycles. The molecule has 0 fully saturated rings. The molecule has 0 spiro atoms. The summed E-state index contributed by atoms with van der Waals surface area (Å²) >= 11 is 3.50. The number of hydrogen-bond acceptors (Lipinski definition) is 6. The van der Waals surface area contributed by atoms with Crippen LogP contribution in [0, 0.1) is 7.14 Å². The Morgan fingerprint density at radius 3 is 2.29 bits per heavy atom. The minimum atomic E-state index is -6.60. The van der Waals surface area contributed by atoms with Crippen LogP contribution in [0.3, 0.4) is 0 Å². The van der Waals surface area contributed by atoms with Crippen molar-refractivity contribution in [3.05, 3.63) is 24.8 Å². The summed E-state index contributed by atoms with van der Waals surface area (Å²) in [5.41, 5.74) is -0.377. The van der Waals surface area contributed by atoms with Crippen molar-refractivity contribution in [1.29, 1.82) is 0 Å². The molecule has 0 amide bonds. The first-order valence-corrected chi connectivity index (χ1v) is 9.33. The van der Waals surface area contributed by atoms with Gasteiger partial charge in [-0.1, -0.05) is 0 Å². The molecule has 136 valence electrons. The maximum absolute atomic E-state index is 13.2. The fourth-order valence-corrected chi connectivity index (χ4v) is 3.71. The zero-order valence-corrected chi connectivity index (χ0v) is 16.4. The minimum Gasteiger partial charge on any atom is -0.743 e. The molecule has 0 atom stereocenters. The molecule has 1 N–H and O–H groups in total. The van der Waals surface area contributed by atoms with E-state index in [9.17, 15) is 40.4 Å². The number of esters is 1. The Balaban J connectivity index is 2.83. The van der Waals surface area contributed by atoms with Crippen molar-refractivity contribution in [1.82, 2.24) is 0 Å². The van der Waals surface area contributed by atoms with Crippen LogP contribution in [0.25, 0.3) is 0 Å². The molecule has 0 unspecified atom stereocenters. The van der Waals surface area contributed by atoms with E-state index in [0.29, 0.717) is 3.57 Å². The highest BCUT2D eigenvalue weighted by Crippen LogP contribution is 2.40. The van der Waals surface area contributed by atoms with Crippen LogP contribution in [-0.4, -0.2) is 41.8 Å². The van der Waals surface area contributed by atoms with Crippen molar-refractivity contribution in [2.45, 2.75) is 17.6 Å². The summed E-state index contributed by atoms with van der Waals surface area (Å²) < 4.78 is 87.9. The number of benzene rings is 1. The zero-order valence-electron chi connectivity index (χ0n) is 11.2. The molecule has 24 heavy (non-hydrogen) atoms. The second kappa shape index (κ2) is 7.45. The number of ether oxygens (including phenoxy) is 1. The Bertz CT molecular complexity index is 753. The van der Waals surface area contributed by atoms with Crippen LogP contribution in [0.1, 0.15) is 16.8 Å². The zero-order chi connectivity index (χ0) is 18.9. The Morgan fingerprint density at radius 1 is 1.25 bits per heavy atom. The summed E-state index contributed by atoms with van der Waals surface area (Å²) in [6.45, 7) is -1.29. The number of phenols is 1. The fourth-order valence-electron chi connectivity index (χ4n) is 1.40. The lowest BCUT2D eigenvalue weighted by Gasteiger charge is -2.28. The summed E-state index contributed by atoms with van der Waals surface area (Å²) in [6, 6.07) is 2.68. The van der Waals surface area contributed by atoms with Gasteiger partial charge in [0.2, 0.25) is 0 Å². The van der Waals surface area contributed by atoms with Gasteiger partial charge in [0.15, 0.2) is 10.1 Å². The molecule has 13 heteroatoms. The van der Waals surface area contributed by atoms with Gasteiger partial charge in [-0.15, -0.1) is 0 Å². The highest BCUT2D eigenvalue weighted by molar-refractivity contribution is 14.1. The van der Waals surface area contributed by atoms with E-state index in [1.54, 1.807) is 45.2 Å². The van der Waals surface area contributed by atoms with E-state index in [1.165, 1.54) is 12.1 Å². The third-order valence-electron chi connectivity index (χ3n) is 2.64. The van der Waals surface area contributed by atoms with Crippen LogP contribution in [0.5, 0.6) is 5.75 Å². The first-order valence-electron chi connectivity index (χ1n) is 5.77. The van der Waals surface area contributed by atoms with Crippen molar-refractivity contribution >= 4 is 61.3 Å². The molecule has 0 aromatic heterocycles. The maximum Gasteiger partial charge on any atom is 0.396 e. The predicted octanol–water partition coefficient (Wildman–Crippen LogP) is 2.92. The molecule has 1 rings (SSSR count). The standard InChI is InChI=1S/C11H8F4I2O6S/c12-10(13,11(14,15)24(20,21)22)1-2-23-9(19)6-3-5(16)4-7(17)8(6)18/h3-4,18H,1-2H2,(H,20,21,22)/p-1. The van der Waals surface area contributed by atoms with Gasteiger partial charge in [0.1, 0.15) is 11.3 Å². The van der Waals surface area contributed by atoms with Gasteiger partial charge < -0.3 is 14.4 Å². The van der Waals surface area contributed by atoms with Gasteiger partial charge in [0, 0.05) is 3.57 Å². The molecule has 1 aromatic rings. The molecule has 6 nitrogen and oxygen atoms in total. The molecule has 0 bridgehead atoms. The number of rotatable bonds is 6. The SMILES string of the molecule is O=C(OCCC(F)(F)C(F)(F)S(=O)(=O)[O-])c1cc(I)cc(I)c1O. The third-order valence-corrected chi connectivity index (χ3v) is 5.01. The van der Waals surface area contributed by atoms with Crippen molar-refractivity contribution < 1.29 is 45.2 Å². The van der Waals surface area contributed by atoms with E-state index in [2.05, 4.69) is 4.74 Å². The molecule has 0 saturated heterocycles. The van der Waals surface area contributed by atoms with Crippen molar-refractivity contribution in [3.63, 3.8) is 0 Å². The number of halogens is 6. The summed E-state index contributed by atoms with van der Waals surface area (Å²) in [6.07, 6.45) is -1.89. The quantitative estimate of drug-likeness (QED) is 0.234. The van der Waals surface area contributed by atoms with Crippen LogP contribution in [0.4, 0.5) is 17.6 Å². The monoisotopic (exact) mass is 597 g/mol. The number of hydrogen-bond donors (Lipinski definition) is 1. The van der Waals surface area contributed by atoms with Crippen LogP contribution >= 0.6 is 45.2 Å². The van der Waals surface area contributed by atoms with Crippen LogP contribution < -0.4 is 0 Å². The van der Waals surface area contributed by atoms with E-state index < -0.39 is 46.0 Å². The van der Waals surface area contributed by atoms with E-state index in [1.807, 2.05) is 0 Å². The maximum atomic E-state index is 13.2. The largest absolute Gasteiger partial charge is 0.743 e.